The molecule has 0 radical (unpaired) electrons. The van der Waals surface area contributed by atoms with Gasteiger partial charge in [-0.2, -0.15) is 0 Å². The zero-order chi connectivity index (χ0) is 14.4. The van der Waals surface area contributed by atoms with Crippen molar-refractivity contribution in [3.63, 3.8) is 0 Å². The molecule has 1 aliphatic rings. The second kappa shape index (κ2) is 7.58. The van der Waals surface area contributed by atoms with Crippen molar-refractivity contribution >= 4 is 0 Å². The van der Waals surface area contributed by atoms with Gasteiger partial charge in [0.1, 0.15) is 5.82 Å². The van der Waals surface area contributed by atoms with Crippen LogP contribution in [0.4, 0.5) is 4.39 Å². The van der Waals surface area contributed by atoms with E-state index in [-0.39, 0.29) is 5.82 Å². The van der Waals surface area contributed by atoms with Crippen molar-refractivity contribution in [2.24, 2.45) is 0 Å². The van der Waals surface area contributed by atoms with Crippen LogP contribution >= 0.6 is 0 Å². The van der Waals surface area contributed by atoms with Crippen molar-refractivity contribution in [3.05, 3.63) is 47.3 Å². The van der Waals surface area contributed by atoms with E-state index in [4.69, 9.17) is 0 Å². The Balaban J connectivity index is 1.96. The molecule has 0 amide bonds. The molecule has 0 spiro atoms. The molecule has 1 unspecified atom stereocenters. The fourth-order valence-corrected chi connectivity index (χ4v) is 2.97. The summed E-state index contributed by atoms with van der Waals surface area (Å²) in [5, 5.41) is 0. The Bertz CT molecular complexity index is 425. The van der Waals surface area contributed by atoms with E-state index < -0.39 is 0 Å². The summed E-state index contributed by atoms with van der Waals surface area (Å²) in [6.07, 6.45) is 8.56. The van der Waals surface area contributed by atoms with Crippen LogP contribution in [0.5, 0.6) is 0 Å². The van der Waals surface area contributed by atoms with E-state index in [1.807, 2.05) is 12.1 Å². The van der Waals surface area contributed by atoms with Crippen LogP contribution in [0.1, 0.15) is 45.1 Å². The summed E-state index contributed by atoms with van der Waals surface area (Å²) in [6.45, 7) is 6.79. The summed E-state index contributed by atoms with van der Waals surface area (Å²) in [5.41, 5.74) is 2.62. The second-order valence-electron chi connectivity index (χ2n) is 6.07. The number of hydrogen-bond donors (Lipinski definition) is 0. The lowest BCUT2D eigenvalue weighted by Gasteiger charge is -2.33. The maximum absolute atomic E-state index is 12.9. The first-order valence-electron chi connectivity index (χ1n) is 7.78. The minimum Gasteiger partial charge on any atom is -0.297 e. The molecule has 110 valence electrons. The topological polar surface area (TPSA) is 3.24 Å². The van der Waals surface area contributed by atoms with E-state index in [0.717, 1.165) is 12.8 Å². The highest BCUT2D eigenvalue weighted by Crippen LogP contribution is 2.18. The summed E-state index contributed by atoms with van der Waals surface area (Å²) in [5.74, 6) is -0.148. The first kappa shape index (κ1) is 15.2. The van der Waals surface area contributed by atoms with Crippen molar-refractivity contribution in [3.8, 4) is 0 Å². The van der Waals surface area contributed by atoms with E-state index in [1.54, 1.807) is 12.1 Å². The van der Waals surface area contributed by atoms with Crippen LogP contribution in [0.15, 0.2) is 35.9 Å². The molecule has 1 aromatic carbocycles. The Morgan fingerprint density at radius 3 is 2.40 bits per heavy atom. The van der Waals surface area contributed by atoms with Crippen molar-refractivity contribution in [1.82, 2.24) is 4.90 Å². The maximum atomic E-state index is 12.9. The molecular weight excluding hydrogens is 249 g/mol. The smallest absolute Gasteiger partial charge is 0.123 e. The lowest BCUT2D eigenvalue weighted by molar-refractivity contribution is 0.183. The zero-order valence-electron chi connectivity index (χ0n) is 12.7. The lowest BCUT2D eigenvalue weighted by Crippen LogP contribution is -2.38. The third-order valence-electron chi connectivity index (χ3n) is 4.03. The molecule has 1 saturated heterocycles. The Morgan fingerprint density at radius 2 is 1.80 bits per heavy atom. The third-order valence-corrected chi connectivity index (χ3v) is 4.03. The maximum Gasteiger partial charge on any atom is 0.123 e. The Kier molecular flexibility index (Phi) is 5.78. The van der Waals surface area contributed by atoms with Gasteiger partial charge in [0.05, 0.1) is 0 Å². The highest BCUT2D eigenvalue weighted by molar-refractivity contribution is 5.17. The van der Waals surface area contributed by atoms with E-state index in [0.29, 0.717) is 6.04 Å². The molecule has 1 aromatic rings. The molecule has 0 saturated carbocycles. The minimum atomic E-state index is -0.148. The van der Waals surface area contributed by atoms with Gasteiger partial charge < -0.3 is 0 Å². The van der Waals surface area contributed by atoms with Crippen LogP contribution in [0.2, 0.25) is 0 Å². The summed E-state index contributed by atoms with van der Waals surface area (Å²) in [7, 11) is 0. The predicted octanol–water partition coefficient (Wildman–Crippen LogP) is 4.58. The first-order valence-corrected chi connectivity index (χ1v) is 7.78. The second-order valence-corrected chi connectivity index (χ2v) is 6.07. The van der Waals surface area contributed by atoms with Gasteiger partial charge in [0, 0.05) is 6.04 Å². The largest absolute Gasteiger partial charge is 0.297 e. The molecule has 1 nitrogen and oxygen atoms in total. The van der Waals surface area contributed by atoms with Crippen LogP contribution in [-0.2, 0) is 6.42 Å². The van der Waals surface area contributed by atoms with Crippen LogP contribution in [-0.4, -0.2) is 24.0 Å². The van der Waals surface area contributed by atoms with Gasteiger partial charge in [-0.05, 0) is 70.3 Å². The molecule has 0 bridgehead atoms. The minimum absolute atomic E-state index is 0.148. The highest BCUT2D eigenvalue weighted by atomic mass is 19.1. The molecule has 1 atom stereocenters. The van der Waals surface area contributed by atoms with E-state index in [2.05, 4.69) is 24.8 Å². The van der Waals surface area contributed by atoms with Crippen LogP contribution in [0, 0.1) is 5.82 Å². The Hall–Kier alpha value is -1.15. The van der Waals surface area contributed by atoms with Crippen molar-refractivity contribution < 1.29 is 4.39 Å². The van der Waals surface area contributed by atoms with Gasteiger partial charge in [-0.3, -0.25) is 4.90 Å². The molecule has 1 heterocycles. The molecule has 0 N–H and O–H groups in total. The molecule has 0 aliphatic carbocycles. The average molecular weight is 275 g/mol. The summed E-state index contributed by atoms with van der Waals surface area (Å²) in [6, 6.07) is 7.47. The Labute approximate surface area is 122 Å². The van der Waals surface area contributed by atoms with Gasteiger partial charge in [-0.1, -0.05) is 30.2 Å². The average Bonchev–Trinajstić information content (AvgIpc) is 2.46. The lowest BCUT2D eigenvalue weighted by atomic mass is 10.00. The zero-order valence-corrected chi connectivity index (χ0v) is 12.7. The number of halogens is 1. The van der Waals surface area contributed by atoms with Gasteiger partial charge in [0.25, 0.3) is 0 Å². The quantitative estimate of drug-likeness (QED) is 0.711. The molecule has 1 fully saturated rings. The van der Waals surface area contributed by atoms with Gasteiger partial charge in [0.2, 0.25) is 0 Å². The number of benzene rings is 1. The molecule has 0 aromatic heterocycles. The number of nitrogens with zero attached hydrogens (tertiary/aromatic N) is 1. The molecular formula is C18H26FN. The van der Waals surface area contributed by atoms with Crippen molar-refractivity contribution in [1.29, 1.82) is 0 Å². The summed E-state index contributed by atoms with van der Waals surface area (Å²) in [4.78, 5) is 2.61. The fourth-order valence-electron chi connectivity index (χ4n) is 2.97. The summed E-state index contributed by atoms with van der Waals surface area (Å²) < 4.78 is 12.9. The Morgan fingerprint density at radius 1 is 1.15 bits per heavy atom. The van der Waals surface area contributed by atoms with Crippen LogP contribution in [0.25, 0.3) is 0 Å². The fraction of sp³-hybridized carbons (Fsp3) is 0.556. The van der Waals surface area contributed by atoms with Crippen molar-refractivity contribution in [2.45, 2.75) is 52.0 Å². The van der Waals surface area contributed by atoms with Crippen LogP contribution in [0.3, 0.4) is 0 Å². The van der Waals surface area contributed by atoms with Gasteiger partial charge >= 0.3 is 0 Å². The van der Waals surface area contributed by atoms with E-state index in [1.165, 1.54) is 43.5 Å². The predicted molar refractivity (Wildman–Crippen MR) is 83.4 cm³/mol. The number of allylic oxidation sites excluding steroid dienone is 1. The first-order chi connectivity index (χ1) is 9.65. The standard InChI is InChI=1S/C18H26FN/c1-15(2)14-18(20-12-4-3-5-13-20)11-8-16-6-9-17(19)10-7-16/h6-7,9-10,14,18H,3-5,8,11-13H2,1-2H3. The number of aryl methyl sites for hydroxylation is 1. The number of hydrogen-bond acceptors (Lipinski definition) is 1. The normalized spacial score (nSPS) is 17.8. The summed E-state index contributed by atoms with van der Waals surface area (Å²) >= 11 is 0. The van der Waals surface area contributed by atoms with E-state index >= 15 is 0 Å². The molecule has 20 heavy (non-hydrogen) atoms. The van der Waals surface area contributed by atoms with Gasteiger partial charge in [-0.15, -0.1) is 0 Å². The SMILES string of the molecule is CC(C)=CC(CCc1ccc(F)cc1)N1CCCCC1. The van der Waals surface area contributed by atoms with Crippen LogP contribution < -0.4 is 0 Å². The third kappa shape index (κ3) is 4.75. The van der Waals surface area contributed by atoms with Crippen molar-refractivity contribution in [2.75, 3.05) is 13.1 Å². The van der Waals surface area contributed by atoms with Gasteiger partial charge in [0.15, 0.2) is 0 Å². The molecule has 2 rings (SSSR count). The van der Waals surface area contributed by atoms with Gasteiger partial charge in [-0.25, -0.2) is 4.39 Å². The molecule has 2 heteroatoms. The molecule has 1 aliphatic heterocycles. The highest BCUT2D eigenvalue weighted by Gasteiger charge is 2.18. The number of piperidine rings is 1. The van der Waals surface area contributed by atoms with E-state index in [9.17, 15) is 4.39 Å². The number of likely N-dealkylation sites (tertiary alicyclic amines) is 1. The number of rotatable bonds is 5. The monoisotopic (exact) mass is 275 g/mol.